The Balaban J connectivity index is 1.35. The average Bonchev–Trinajstić information content (AvgIpc) is 3.21. The molecule has 0 unspecified atom stereocenters. The zero-order valence-electron chi connectivity index (χ0n) is 18.2. The van der Waals surface area contributed by atoms with Gasteiger partial charge in [0.05, 0.1) is 6.61 Å². The molecule has 1 saturated carbocycles. The van der Waals surface area contributed by atoms with Gasteiger partial charge in [-0.05, 0) is 51.3 Å². The van der Waals surface area contributed by atoms with Crippen LogP contribution in [0.1, 0.15) is 57.4 Å². The molecule has 1 aliphatic heterocycles. The minimum atomic E-state index is -0.0665. The van der Waals surface area contributed by atoms with E-state index in [1.54, 1.807) is 0 Å². The second kappa shape index (κ2) is 11.7. The number of carbonyl (C=O) groups is 1. The Labute approximate surface area is 176 Å². The molecule has 0 spiro atoms. The van der Waals surface area contributed by atoms with Gasteiger partial charge >= 0.3 is 5.97 Å². The van der Waals surface area contributed by atoms with Crippen LogP contribution in [0.25, 0.3) is 0 Å². The van der Waals surface area contributed by atoms with Gasteiger partial charge in [0.2, 0.25) is 0 Å². The molecule has 0 amide bonds. The van der Waals surface area contributed by atoms with Crippen LogP contribution in [0.4, 0.5) is 0 Å². The van der Waals surface area contributed by atoms with Crippen molar-refractivity contribution in [2.75, 3.05) is 45.9 Å². The van der Waals surface area contributed by atoms with Crippen LogP contribution >= 0.6 is 0 Å². The van der Waals surface area contributed by atoms with E-state index in [-0.39, 0.29) is 11.5 Å². The van der Waals surface area contributed by atoms with E-state index >= 15 is 0 Å². The van der Waals surface area contributed by atoms with E-state index in [1.807, 2.05) is 6.92 Å². The van der Waals surface area contributed by atoms with Gasteiger partial charge in [0, 0.05) is 44.7 Å². The number of hydrogen-bond acceptors (Lipinski definition) is 5. The van der Waals surface area contributed by atoms with Gasteiger partial charge in [-0.25, -0.2) is 0 Å². The number of carbonyl (C=O) groups excluding carboxylic acids is 1. The van der Waals surface area contributed by atoms with Gasteiger partial charge in [-0.2, -0.15) is 0 Å². The molecule has 162 valence electrons. The van der Waals surface area contributed by atoms with Gasteiger partial charge in [0.25, 0.3) is 0 Å². The first-order valence-electron chi connectivity index (χ1n) is 11.6. The van der Waals surface area contributed by atoms with Crippen molar-refractivity contribution in [3.8, 4) is 0 Å². The number of rotatable bonds is 11. The minimum Gasteiger partial charge on any atom is -0.466 e. The number of ether oxygens (including phenoxy) is 1. The van der Waals surface area contributed by atoms with Crippen LogP contribution < -0.4 is 5.32 Å². The molecular weight excluding hydrogens is 362 g/mol. The molecule has 1 heterocycles. The highest BCUT2D eigenvalue weighted by Crippen LogP contribution is 2.33. The first-order valence-corrected chi connectivity index (χ1v) is 11.6. The summed E-state index contributed by atoms with van der Waals surface area (Å²) >= 11 is 0. The summed E-state index contributed by atoms with van der Waals surface area (Å²) in [7, 11) is 0. The number of esters is 1. The van der Waals surface area contributed by atoms with Crippen molar-refractivity contribution in [1.82, 2.24) is 15.1 Å². The number of benzene rings is 1. The van der Waals surface area contributed by atoms with Crippen LogP contribution in [0.3, 0.4) is 0 Å². The summed E-state index contributed by atoms with van der Waals surface area (Å²) in [6.45, 7) is 10.2. The molecule has 1 aromatic carbocycles. The summed E-state index contributed by atoms with van der Waals surface area (Å²) in [4.78, 5) is 16.7. The zero-order chi connectivity index (χ0) is 20.4. The Hall–Kier alpha value is -1.43. The van der Waals surface area contributed by atoms with Crippen molar-refractivity contribution in [1.29, 1.82) is 0 Å². The number of nitrogens with one attached hydrogen (secondary N) is 1. The molecule has 1 N–H and O–H groups in total. The molecule has 2 aliphatic rings. The molecule has 2 fully saturated rings. The second-order valence-corrected chi connectivity index (χ2v) is 8.68. The fraction of sp³-hybridized carbons (Fsp3) is 0.708. The van der Waals surface area contributed by atoms with Crippen LogP contribution in [0, 0.1) is 0 Å². The zero-order valence-corrected chi connectivity index (χ0v) is 18.2. The van der Waals surface area contributed by atoms with Crippen molar-refractivity contribution in [2.45, 2.75) is 64.0 Å². The maximum Gasteiger partial charge on any atom is 0.305 e. The molecule has 5 nitrogen and oxygen atoms in total. The molecule has 1 aliphatic carbocycles. The van der Waals surface area contributed by atoms with Crippen LogP contribution in [0.15, 0.2) is 30.3 Å². The van der Waals surface area contributed by atoms with Gasteiger partial charge in [-0.15, -0.1) is 0 Å². The van der Waals surface area contributed by atoms with Gasteiger partial charge in [-0.3, -0.25) is 9.69 Å². The maximum absolute atomic E-state index is 11.5. The van der Waals surface area contributed by atoms with Gasteiger partial charge in [0.15, 0.2) is 0 Å². The first-order chi connectivity index (χ1) is 14.2. The molecule has 3 rings (SSSR count). The Bertz CT molecular complexity index is 593. The third-order valence-corrected chi connectivity index (χ3v) is 6.54. The Morgan fingerprint density at radius 3 is 2.45 bits per heavy atom. The number of nitrogens with zero attached hydrogens (tertiary/aromatic N) is 2. The van der Waals surface area contributed by atoms with E-state index in [2.05, 4.69) is 45.4 Å². The lowest BCUT2D eigenvalue weighted by Crippen LogP contribution is -2.50. The lowest BCUT2D eigenvalue weighted by molar-refractivity contribution is -0.143. The molecular formula is C24H39N3O2. The third kappa shape index (κ3) is 7.40. The first kappa shape index (κ1) is 22.3. The SMILES string of the molecule is CCOC(=O)CCCNC1(CCN2CCN(Cc3ccccc3)CC2)CCCC1. The Morgan fingerprint density at radius 1 is 1.07 bits per heavy atom. The lowest BCUT2D eigenvalue weighted by Gasteiger charge is -2.38. The summed E-state index contributed by atoms with van der Waals surface area (Å²) in [6.07, 6.45) is 7.84. The predicted octanol–water partition coefficient (Wildman–Crippen LogP) is 3.44. The van der Waals surface area contributed by atoms with Gasteiger partial charge < -0.3 is 15.0 Å². The highest BCUT2D eigenvalue weighted by atomic mass is 16.5. The van der Waals surface area contributed by atoms with E-state index < -0.39 is 0 Å². The summed E-state index contributed by atoms with van der Waals surface area (Å²) in [5.74, 6) is -0.0665. The van der Waals surface area contributed by atoms with E-state index in [1.165, 1.54) is 57.3 Å². The highest BCUT2D eigenvalue weighted by molar-refractivity contribution is 5.69. The molecule has 1 aromatic rings. The standard InChI is InChI=1S/C24H39N3O2/c1-2-29-23(28)11-8-15-25-24(12-6-7-13-24)14-16-26-17-19-27(20-18-26)21-22-9-4-3-5-10-22/h3-5,9-10,25H,2,6-8,11-21H2,1H3. The van der Waals surface area contributed by atoms with E-state index in [0.29, 0.717) is 13.0 Å². The van der Waals surface area contributed by atoms with Crippen molar-refractivity contribution in [3.63, 3.8) is 0 Å². The topological polar surface area (TPSA) is 44.8 Å². The average molecular weight is 402 g/mol. The molecule has 1 saturated heterocycles. The normalized spacial score (nSPS) is 20.0. The summed E-state index contributed by atoms with van der Waals surface area (Å²) in [5, 5.41) is 3.83. The van der Waals surface area contributed by atoms with E-state index in [4.69, 9.17) is 4.74 Å². The predicted molar refractivity (Wildman–Crippen MR) is 118 cm³/mol. The summed E-state index contributed by atoms with van der Waals surface area (Å²) < 4.78 is 5.03. The fourth-order valence-corrected chi connectivity index (χ4v) is 4.77. The second-order valence-electron chi connectivity index (χ2n) is 8.68. The molecule has 5 heteroatoms. The highest BCUT2D eigenvalue weighted by Gasteiger charge is 2.33. The van der Waals surface area contributed by atoms with Crippen LogP contribution in [-0.4, -0.2) is 67.2 Å². The van der Waals surface area contributed by atoms with Crippen molar-refractivity contribution in [3.05, 3.63) is 35.9 Å². The molecule has 0 bridgehead atoms. The summed E-state index contributed by atoms with van der Waals surface area (Å²) in [6, 6.07) is 10.8. The molecule has 0 radical (unpaired) electrons. The number of hydrogen-bond donors (Lipinski definition) is 1. The molecule has 0 atom stereocenters. The van der Waals surface area contributed by atoms with E-state index in [0.717, 1.165) is 32.6 Å². The fourth-order valence-electron chi connectivity index (χ4n) is 4.77. The monoisotopic (exact) mass is 401 g/mol. The van der Waals surface area contributed by atoms with Crippen LogP contribution in [0.5, 0.6) is 0 Å². The largest absolute Gasteiger partial charge is 0.466 e. The summed E-state index contributed by atoms with van der Waals surface area (Å²) in [5.41, 5.74) is 1.70. The van der Waals surface area contributed by atoms with Crippen molar-refractivity contribution < 1.29 is 9.53 Å². The van der Waals surface area contributed by atoms with Crippen molar-refractivity contribution >= 4 is 5.97 Å². The van der Waals surface area contributed by atoms with Crippen molar-refractivity contribution in [2.24, 2.45) is 0 Å². The maximum atomic E-state index is 11.5. The van der Waals surface area contributed by atoms with Gasteiger partial charge in [-0.1, -0.05) is 43.2 Å². The molecule has 0 aromatic heterocycles. The third-order valence-electron chi connectivity index (χ3n) is 6.54. The van der Waals surface area contributed by atoms with Gasteiger partial charge in [0.1, 0.15) is 0 Å². The quantitative estimate of drug-likeness (QED) is 0.455. The number of piperazine rings is 1. The van der Waals surface area contributed by atoms with Crippen LogP contribution in [-0.2, 0) is 16.1 Å². The van der Waals surface area contributed by atoms with E-state index in [9.17, 15) is 4.79 Å². The van der Waals surface area contributed by atoms with Crippen LogP contribution in [0.2, 0.25) is 0 Å². The Morgan fingerprint density at radius 2 is 1.76 bits per heavy atom. The Kier molecular flexibility index (Phi) is 8.96. The smallest absolute Gasteiger partial charge is 0.305 e. The lowest BCUT2D eigenvalue weighted by atomic mass is 9.92. The minimum absolute atomic E-state index is 0.0665. The molecule has 29 heavy (non-hydrogen) atoms.